The van der Waals surface area contributed by atoms with Gasteiger partial charge in [-0.3, -0.25) is 0 Å². The lowest BCUT2D eigenvalue weighted by atomic mass is 10.2. The first-order chi connectivity index (χ1) is 7.74. The van der Waals surface area contributed by atoms with Crippen molar-refractivity contribution in [2.24, 2.45) is 0 Å². The van der Waals surface area contributed by atoms with E-state index >= 15 is 0 Å². The van der Waals surface area contributed by atoms with Crippen LogP contribution in [0.5, 0.6) is 5.75 Å². The van der Waals surface area contributed by atoms with E-state index in [2.05, 4.69) is 28.7 Å². The Bertz CT molecular complexity index is 468. The number of hydrogen-bond donors (Lipinski definition) is 0. The minimum atomic E-state index is -0.249. The van der Waals surface area contributed by atoms with Crippen molar-refractivity contribution < 1.29 is 9.13 Å². The van der Waals surface area contributed by atoms with Gasteiger partial charge in [-0.05, 0) is 64.6 Å². The highest BCUT2D eigenvalue weighted by Gasteiger charge is 1.97. The maximum Gasteiger partial charge on any atom is 0.123 e. The molecule has 0 saturated heterocycles. The van der Waals surface area contributed by atoms with Crippen molar-refractivity contribution in [3.05, 3.63) is 63.5 Å². The summed E-state index contributed by atoms with van der Waals surface area (Å²) in [7, 11) is 0. The molecule has 0 unspecified atom stereocenters. The lowest BCUT2D eigenvalue weighted by Crippen LogP contribution is -1.95. The molecule has 2 rings (SSSR count). The van der Waals surface area contributed by atoms with Crippen LogP contribution in [0.2, 0.25) is 0 Å². The topological polar surface area (TPSA) is 9.23 Å². The van der Waals surface area contributed by atoms with Crippen molar-refractivity contribution in [3.63, 3.8) is 0 Å². The van der Waals surface area contributed by atoms with E-state index < -0.39 is 0 Å². The first-order valence-corrected chi connectivity index (χ1v) is 5.95. The van der Waals surface area contributed by atoms with Crippen LogP contribution < -0.4 is 4.74 Å². The Morgan fingerprint density at radius 3 is 2.50 bits per heavy atom. The standard InChI is InChI=1S/C13H10FIO/c14-11-4-6-13(7-5-11)16-9-10-2-1-3-12(15)8-10/h1-8H,9H2. The summed E-state index contributed by atoms with van der Waals surface area (Å²) in [5.74, 6) is 0.432. The van der Waals surface area contributed by atoms with Gasteiger partial charge in [0.1, 0.15) is 18.2 Å². The molecule has 0 aromatic heterocycles. The normalized spacial score (nSPS) is 10.1. The number of ether oxygens (including phenoxy) is 1. The highest BCUT2D eigenvalue weighted by molar-refractivity contribution is 14.1. The Morgan fingerprint density at radius 2 is 1.81 bits per heavy atom. The molecule has 0 aliphatic carbocycles. The lowest BCUT2D eigenvalue weighted by molar-refractivity contribution is 0.305. The summed E-state index contributed by atoms with van der Waals surface area (Å²) in [5.41, 5.74) is 1.11. The fourth-order valence-electron chi connectivity index (χ4n) is 1.32. The number of hydrogen-bond acceptors (Lipinski definition) is 1. The molecule has 0 fully saturated rings. The van der Waals surface area contributed by atoms with Gasteiger partial charge in [0.15, 0.2) is 0 Å². The quantitative estimate of drug-likeness (QED) is 0.774. The maximum absolute atomic E-state index is 12.6. The number of rotatable bonds is 3. The van der Waals surface area contributed by atoms with Gasteiger partial charge in [-0.1, -0.05) is 12.1 Å². The van der Waals surface area contributed by atoms with Crippen molar-refractivity contribution in [3.8, 4) is 5.75 Å². The van der Waals surface area contributed by atoms with Crippen molar-refractivity contribution in [1.82, 2.24) is 0 Å². The summed E-state index contributed by atoms with van der Waals surface area (Å²) < 4.78 is 19.4. The first kappa shape index (κ1) is 11.4. The predicted molar refractivity (Wildman–Crippen MR) is 69.9 cm³/mol. The first-order valence-electron chi connectivity index (χ1n) is 4.87. The third-order valence-corrected chi connectivity index (χ3v) is 2.78. The van der Waals surface area contributed by atoms with Gasteiger partial charge in [0.05, 0.1) is 0 Å². The minimum Gasteiger partial charge on any atom is -0.489 e. The summed E-state index contributed by atoms with van der Waals surface area (Å²) in [4.78, 5) is 0. The summed E-state index contributed by atoms with van der Waals surface area (Å²) in [6.07, 6.45) is 0. The molecule has 0 saturated carbocycles. The average Bonchev–Trinajstić information content (AvgIpc) is 2.28. The van der Waals surface area contributed by atoms with Crippen LogP contribution in [0, 0.1) is 9.39 Å². The van der Waals surface area contributed by atoms with Crippen molar-refractivity contribution in [2.75, 3.05) is 0 Å². The third kappa shape index (κ3) is 3.20. The molecule has 16 heavy (non-hydrogen) atoms. The van der Waals surface area contributed by atoms with Crippen LogP contribution in [0.3, 0.4) is 0 Å². The molecule has 2 aromatic carbocycles. The van der Waals surface area contributed by atoms with E-state index in [9.17, 15) is 4.39 Å². The fraction of sp³-hybridized carbons (Fsp3) is 0.0769. The molecular formula is C13H10FIO. The van der Waals surface area contributed by atoms with E-state index in [4.69, 9.17) is 4.74 Å². The fourth-order valence-corrected chi connectivity index (χ4v) is 1.93. The van der Waals surface area contributed by atoms with Crippen LogP contribution in [-0.4, -0.2) is 0 Å². The van der Waals surface area contributed by atoms with E-state index in [1.54, 1.807) is 12.1 Å². The molecule has 0 atom stereocenters. The van der Waals surface area contributed by atoms with Crippen LogP contribution in [-0.2, 0) is 6.61 Å². The van der Waals surface area contributed by atoms with Gasteiger partial charge in [-0.15, -0.1) is 0 Å². The second-order valence-electron chi connectivity index (χ2n) is 3.37. The second-order valence-corrected chi connectivity index (χ2v) is 4.62. The van der Waals surface area contributed by atoms with Gasteiger partial charge in [-0.2, -0.15) is 0 Å². The van der Waals surface area contributed by atoms with E-state index in [0.29, 0.717) is 12.4 Å². The average molecular weight is 328 g/mol. The number of benzene rings is 2. The van der Waals surface area contributed by atoms with Crippen LogP contribution in [0.1, 0.15) is 5.56 Å². The van der Waals surface area contributed by atoms with Gasteiger partial charge in [0.25, 0.3) is 0 Å². The number of halogens is 2. The molecular weight excluding hydrogens is 318 g/mol. The molecule has 0 heterocycles. The second kappa shape index (κ2) is 5.30. The molecule has 0 radical (unpaired) electrons. The third-order valence-electron chi connectivity index (χ3n) is 2.11. The molecule has 0 aliphatic heterocycles. The van der Waals surface area contributed by atoms with Crippen molar-refractivity contribution in [1.29, 1.82) is 0 Å². The zero-order chi connectivity index (χ0) is 11.4. The van der Waals surface area contributed by atoms with E-state index in [-0.39, 0.29) is 5.82 Å². The van der Waals surface area contributed by atoms with Gasteiger partial charge < -0.3 is 4.74 Å². The summed E-state index contributed by atoms with van der Waals surface area (Å²) in [5, 5.41) is 0. The smallest absolute Gasteiger partial charge is 0.123 e. The molecule has 0 N–H and O–H groups in total. The van der Waals surface area contributed by atoms with Gasteiger partial charge in [-0.25, -0.2) is 4.39 Å². The molecule has 82 valence electrons. The van der Waals surface area contributed by atoms with Crippen LogP contribution >= 0.6 is 22.6 Å². The molecule has 0 spiro atoms. The zero-order valence-electron chi connectivity index (χ0n) is 8.49. The highest BCUT2D eigenvalue weighted by atomic mass is 127. The van der Waals surface area contributed by atoms with E-state index in [1.165, 1.54) is 15.7 Å². The Balaban J connectivity index is 1.99. The van der Waals surface area contributed by atoms with E-state index in [1.807, 2.05) is 18.2 Å². The summed E-state index contributed by atoms with van der Waals surface area (Å²) in [6.45, 7) is 0.502. The van der Waals surface area contributed by atoms with Gasteiger partial charge in [0, 0.05) is 3.57 Å². The van der Waals surface area contributed by atoms with Crippen LogP contribution in [0.4, 0.5) is 4.39 Å². The van der Waals surface area contributed by atoms with Crippen LogP contribution in [0.15, 0.2) is 48.5 Å². The van der Waals surface area contributed by atoms with Gasteiger partial charge >= 0.3 is 0 Å². The highest BCUT2D eigenvalue weighted by Crippen LogP contribution is 2.14. The maximum atomic E-state index is 12.6. The van der Waals surface area contributed by atoms with Crippen molar-refractivity contribution >= 4 is 22.6 Å². The molecule has 2 aromatic rings. The lowest BCUT2D eigenvalue weighted by Gasteiger charge is -2.06. The Morgan fingerprint density at radius 1 is 1.06 bits per heavy atom. The SMILES string of the molecule is Fc1ccc(OCc2cccc(I)c2)cc1. The Hall–Kier alpha value is -1.10. The predicted octanol–water partition coefficient (Wildman–Crippen LogP) is 4.01. The summed E-state index contributed by atoms with van der Waals surface area (Å²) >= 11 is 2.26. The zero-order valence-corrected chi connectivity index (χ0v) is 10.6. The summed E-state index contributed by atoms with van der Waals surface area (Å²) in [6, 6.07) is 14.1. The van der Waals surface area contributed by atoms with Gasteiger partial charge in [0.2, 0.25) is 0 Å². The molecule has 0 bridgehead atoms. The Labute approximate surface area is 107 Å². The molecule has 0 amide bonds. The van der Waals surface area contributed by atoms with E-state index in [0.717, 1.165) is 5.56 Å². The monoisotopic (exact) mass is 328 g/mol. The molecule has 1 nitrogen and oxygen atoms in total. The largest absolute Gasteiger partial charge is 0.489 e. The van der Waals surface area contributed by atoms with Crippen LogP contribution in [0.25, 0.3) is 0 Å². The Kier molecular flexibility index (Phi) is 3.77. The minimum absolute atomic E-state index is 0.249. The molecule has 0 aliphatic rings. The molecule has 3 heteroatoms. The van der Waals surface area contributed by atoms with Crippen molar-refractivity contribution in [2.45, 2.75) is 6.61 Å².